The fraction of sp³-hybridized carbons (Fsp3) is 0.182. The number of ether oxygens (including phenoxy) is 2. The Bertz CT molecular complexity index is 576. The first-order valence-corrected chi connectivity index (χ1v) is 4.92. The van der Waals surface area contributed by atoms with E-state index < -0.39 is 36.0 Å². The number of hydrogen-bond acceptors (Lipinski definition) is 5. The van der Waals surface area contributed by atoms with Gasteiger partial charge in [-0.25, -0.2) is 9.59 Å². The lowest BCUT2D eigenvalue weighted by Crippen LogP contribution is -2.28. The zero-order valence-electron chi connectivity index (χ0n) is 9.60. The number of carbonyl (C=O) groups excluding carboxylic acids is 1. The molecule has 1 N–H and O–H groups in total. The molecular formula is C11H6F3NO5. The van der Waals surface area contributed by atoms with Crippen LogP contribution in [-0.2, 0) is 4.79 Å². The van der Waals surface area contributed by atoms with Gasteiger partial charge in [-0.2, -0.15) is 18.4 Å². The first-order valence-electron chi connectivity index (χ1n) is 4.92. The second-order valence-corrected chi connectivity index (χ2v) is 3.30. The number of nitriles is 1. The summed E-state index contributed by atoms with van der Waals surface area (Å²) in [5.41, 5.74) is -0.646. The van der Waals surface area contributed by atoms with E-state index in [1.54, 1.807) is 6.07 Å². The zero-order chi connectivity index (χ0) is 15.3. The number of esters is 1. The molecule has 0 atom stereocenters. The van der Waals surface area contributed by atoms with E-state index in [2.05, 4.69) is 4.74 Å². The maximum absolute atomic E-state index is 12.1. The number of carboxylic acids is 1. The predicted octanol–water partition coefficient (Wildman–Crippen LogP) is 1.75. The third-order valence-electron chi connectivity index (χ3n) is 1.92. The lowest BCUT2D eigenvalue weighted by Gasteiger charge is -2.10. The van der Waals surface area contributed by atoms with E-state index in [4.69, 9.17) is 15.1 Å². The van der Waals surface area contributed by atoms with Crippen LogP contribution >= 0.6 is 0 Å². The lowest BCUT2D eigenvalue weighted by atomic mass is 10.2. The molecule has 106 valence electrons. The summed E-state index contributed by atoms with van der Waals surface area (Å²) in [5, 5.41) is 17.1. The molecule has 0 aromatic heterocycles. The molecule has 0 aliphatic carbocycles. The first-order chi connectivity index (χ1) is 9.25. The quantitative estimate of drug-likeness (QED) is 0.670. The molecule has 0 radical (unpaired) electrons. The minimum absolute atomic E-state index is 0.110. The molecule has 0 amide bonds. The van der Waals surface area contributed by atoms with Crippen molar-refractivity contribution in [2.24, 2.45) is 0 Å². The van der Waals surface area contributed by atoms with Crippen molar-refractivity contribution in [2.45, 2.75) is 6.18 Å². The molecule has 20 heavy (non-hydrogen) atoms. The normalized spacial score (nSPS) is 10.5. The second kappa shape index (κ2) is 5.92. The average molecular weight is 289 g/mol. The molecule has 6 nitrogen and oxygen atoms in total. The molecule has 0 fully saturated rings. The Labute approximate surface area is 109 Å². The maximum atomic E-state index is 12.1. The molecule has 1 aromatic rings. The summed E-state index contributed by atoms with van der Waals surface area (Å²) in [6, 6.07) is 4.41. The number of alkyl halides is 3. The van der Waals surface area contributed by atoms with Gasteiger partial charge in [0.2, 0.25) is 0 Å². The topological polar surface area (TPSA) is 96.6 Å². The van der Waals surface area contributed by atoms with E-state index in [1.165, 1.54) is 0 Å². The molecule has 0 heterocycles. The summed E-state index contributed by atoms with van der Waals surface area (Å²) in [5.74, 6) is -5.07. The van der Waals surface area contributed by atoms with Crippen LogP contribution in [-0.4, -0.2) is 29.8 Å². The van der Waals surface area contributed by atoms with Crippen LogP contribution in [0.1, 0.15) is 10.4 Å². The van der Waals surface area contributed by atoms with Crippen molar-refractivity contribution >= 4 is 11.9 Å². The van der Waals surface area contributed by atoms with E-state index in [0.717, 1.165) is 18.2 Å². The molecule has 1 rings (SSSR count). The van der Waals surface area contributed by atoms with Gasteiger partial charge in [0.05, 0.1) is 0 Å². The van der Waals surface area contributed by atoms with Crippen molar-refractivity contribution < 1.29 is 37.3 Å². The summed E-state index contributed by atoms with van der Waals surface area (Å²) in [7, 11) is 0. The van der Waals surface area contributed by atoms with Crippen molar-refractivity contribution in [3.05, 3.63) is 23.8 Å². The largest absolute Gasteiger partial charge is 0.491 e. The Balaban J connectivity index is 3.10. The Hall–Kier alpha value is -2.76. The fourth-order valence-electron chi connectivity index (χ4n) is 1.13. The highest BCUT2D eigenvalue weighted by molar-refractivity contribution is 5.92. The van der Waals surface area contributed by atoms with Gasteiger partial charge in [-0.15, -0.1) is 0 Å². The average Bonchev–Trinajstić information content (AvgIpc) is 2.35. The van der Waals surface area contributed by atoms with Gasteiger partial charge in [0.25, 0.3) is 0 Å². The molecule has 0 spiro atoms. The van der Waals surface area contributed by atoms with E-state index >= 15 is 0 Å². The third kappa shape index (κ3) is 3.88. The van der Waals surface area contributed by atoms with Gasteiger partial charge in [0.1, 0.15) is 23.1 Å². The number of carbonyl (C=O) groups is 2. The summed E-state index contributed by atoms with van der Waals surface area (Å²) in [4.78, 5) is 21.5. The van der Waals surface area contributed by atoms with Crippen LogP contribution in [0.25, 0.3) is 0 Å². The minimum atomic E-state index is -5.26. The van der Waals surface area contributed by atoms with Gasteiger partial charge < -0.3 is 14.6 Å². The summed E-state index contributed by atoms with van der Waals surface area (Å²) >= 11 is 0. The van der Waals surface area contributed by atoms with Gasteiger partial charge in [-0.05, 0) is 12.1 Å². The Morgan fingerprint density at radius 3 is 2.50 bits per heavy atom. The van der Waals surface area contributed by atoms with Gasteiger partial charge in [0, 0.05) is 6.07 Å². The highest BCUT2D eigenvalue weighted by atomic mass is 19.4. The first kappa shape index (κ1) is 15.3. The van der Waals surface area contributed by atoms with Crippen LogP contribution in [0.15, 0.2) is 18.2 Å². The number of nitrogens with zero attached hydrogens (tertiary/aromatic N) is 1. The van der Waals surface area contributed by atoms with Crippen molar-refractivity contribution in [3.63, 3.8) is 0 Å². The lowest BCUT2D eigenvalue weighted by molar-refractivity contribution is -0.189. The number of halogens is 3. The van der Waals surface area contributed by atoms with Crippen molar-refractivity contribution in [1.29, 1.82) is 5.26 Å². The van der Waals surface area contributed by atoms with Crippen LogP contribution < -0.4 is 9.47 Å². The van der Waals surface area contributed by atoms with Crippen LogP contribution in [0, 0.1) is 11.3 Å². The number of hydrogen-bond donors (Lipinski definition) is 1. The van der Waals surface area contributed by atoms with E-state index in [0.29, 0.717) is 0 Å². The molecule has 0 aliphatic rings. The number of benzene rings is 1. The molecule has 0 unspecified atom stereocenters. The Kier molecular flexibility index (Phi) is 4.53. The molecular weight excluding hydrogens is 283 g/mol. The maximum Gasteiger partial charge on any atom is 0.491 e. The molecule has 0 bridgehead atoms. The van der Waals surface area contributed by atoms with Crippen molar-refractivity contribution in [1.82, 2.24) is 0 Å². The van der Waals surface area contributed by atoms with E-state index in [-0.39, 0.29) is 5.75 Å². The zero-order valence-corrected chi connectivity index (χ0v) is 9.60. The molecule has 0 aliphatic heterocycles. The highest BCUT2D eigenvalue weighted by Crippen LogP contribution is 2.27. The van der Waals surface area contributed by atoms with Crippen LogP contribution in [0.5, 0.6) is 11.5 Å². The summed E-state index contributed by atoms with van der Waals surface area (Å²) in [6.07, 6.45) is -5.26. The predicted molar refractivity (Wildman–Crippen MR) is 56.2 cm³/mol. The standard InChI is InChI=1S/C11H6F3NO5/c12-11(13,14)10(18)20-8-5-6(19-4-3-15)1-2-7(8)9(16)17/h1-2,5H,4H2,(H,16,17). The second-order valence-electron chi connectivity index (χ2n) is 3.30. The summed E-state index contributed by atoms with van der Waals surface area (Å²) < 4.78 is 45.0. The molecule has 9 heteroatoms. The van der Waals surface area contributed by atoms with Gasteiger partial charge in [-0.1, -0.05) is 0 Å². The van der Waals surface area contributed by atoms with Crippen LogP contribution in [0.3, 0.4) is 0 Å². The third-order valence-corrected chi connectivity index (χ3v) is 1.92. The highest BCUT2D eigenvalue weighted by Gasteiger charge is 2.42. The van der Waals surface area contributed by atoms with E-state index in [9.17, 15) is 22.8 Å². The number of carboxylic acid groups (broad SMARTS) is 1. The molecule has 0 saturated heterocycles. The van der Waals surface area contributed by atoms with Gasteiger partial charge in [0.15, 0.2) is 6.61 Å². The number of rotatable bonds is 4. The number of aromatic carboxylic acids is 1. The van der Waals surface area contributed by atoms with Crippen molar-refractivity contribution in [2.75, 3.05) is 6.61 Å². The van der Waals surface area contributed by atoms with Crippen LogP contribution in [0.2, 0.25) is 0 Å². The Morgan fingerprint density at radius 2 is 2.00 bits per heavy atom. The van der Waals surface area contributed by atoms with E-state index in [1.807, 2.05) is 0 Å². The SMILES string of the molecule is N#CCOc1ccc(C(=O)O)c(OC(=O)C(F)(F)F)c1. The smallest absolute Gasteiger partial charge is 0.479 e. The molecule has 1 aromatic carbocycles. The minimum Gasteiger partial charge on any atom is -0.479 e. The summed E-state index contributed by atoms with van der Waals surface area (Å²) in [6.45, 7) is -0.404. The van der Waals surface area contributed by atoms with Gasteiger partial charge in [-0.3, -0.25) is 0 Å². The Morgan fingerprint density at radius 1 is 1.35 bits per heavy atom. The fourth-order valence-corrected chi connectivity index (χ4v) is 1.13. The molecule has 0 saturated carbocycles. The van der Waals surface area contributed by atoms with Crippen LogP contribution in [0.4, 0.5) is 13.2 Å². The van der Waals surface area contributed by atoms with Gasteiger partial charge >= 0.3 is 18.1 Å². The van der Waals surface area contributed by atoms with Crippen molar-refractivity contribution in [3.8, 4) is 17.6 Å². The monoisotopic (exact) mass is 289 g/mol.